The van der Waals surface area contributed by atoms with Crippen LogP contribution in [0.1, 0.15) is 26.7 Å². The lowest BCUT2D eigenvalue weighted by atomic mass is 9.81. The number of carbonyl (C=O) groups is 3. The molecule has 9 nitrogen and oxygen atoms in total. The molecule has 2 aliphatic heterocycles. The summed E-state index contributed by atoms with van der Waals surface area (Å²) in [6, 6.07) is 19.9. The van der Waals surface area contributed by atoms with Crippen molar-refractivity contribution >= 4 is 40.6 Å². The van der Waals surface area contributed by atoms with E-state index in [4.69, 9.17) is 15.2 Å². The van der Waals surface area contributed by atoms with E-state index >= 15 is 0 Å². The molecule has 196 valence electrons. The molecular formula is C29H24N4O5S. The van der Waals surface area contributed by atoms with Gasteiger partial charge in [0.25, 0.3) is 5.91 Å². The molecule has 0 spiro atoms. The minimum Gasteiger partial charge on any atom is -0.466 e. The molecule has 5 rings (SSSR count). The van der Waals surface area contributed by atoms with Crippen LogP contribution in [0.2, 0.25) is 0 Å². The van der Waals surface area contributed by atoms with E-state index in [1.54, 1.807) is 53.4 Å². The number of anilines is 2. The van der Waals surface area contributed by atoms with Gasteiger partial charge in [-0.15, -0.1) is 11.3 Å². The molecule has 10 heteroatoms. The summed E-state index contributed by atoms with van der Waals surface area (Å²) in [5.41, 5.74) is 9.02. The number of ether oxygens (including phenoxy) is 2. The average molecular weight is 541 g/mol. The number of carbonyl (C=O) groups excluding carboxylic acids is 3. The molecule has 3 aromatic rings. The van der Waals surface area contributed by atoms with Crippen LogP contribution in [0.5, 0.6) is 0 Å². The second kappa shape index (κ2) is 10.5. The Morgan fingerprint density at radius 1 is 1.03 bits per heavy atom. The number of fused-ring (bicyclic) bond motifs is 1. The lowest BCUT2D eigenvalue weighted by Crippen LogP contribution is -2.40. The standard InChI is InChI=1S/C29H24N4O5S/c1-37-28(35)24-23(18-7-4-3-5-8-18)20(16-30)26(31)33(25(24)29(36)38-2)19-11-10-17-12-13-32(21(17)15-19)27(34)22-9-6-14-39-22/h3-11,14-15,23H,12-13,31H2,1-2H3. The van der Waals surface area contributed by atoms with Gasteiger partial charge in [-0.25, -0.2) is 9.59 Å². The highest BCUT2D eigenvalue weighted by Gasteiger charge is 2.43. The van der Waals surface area contributed by atoms with Crippen molar-refractivity contribution in [2.45, 2.75) is 12.3 Å². The fourth-order valence-corrected chi connectivity index (χ4v) is 5.70. The number of amides is 1. The Bertz CT molecular complexity index is 1570. The van der Waals surface area contributed by atoms with Crippen LogP contribution in [0, 0.1) is 11.3 Å². The van der Waals surface area contributed by atoms with E-state index in [2.05, 4.69) is 6.07 Å². The summed E-state index contributed by atoms with van der Waals surface area (Å²) < 4.78 is 10.2. The molecule has 2 aromatic carbocycles. The van der Waals surface area contributed by atoms with Crippen LogP contribution in [-0.4, -0.2) is 38.6 Å². The second-order valence-electron chi connectivity index (χ2n) is 8.83. The number of hydrogen-bond acceptors (Lipinski definition) is 9. The normalized spacial score (nSPS) is 16.6. The zero-order chi connectivity index (χ0) is 27.7. The van der Waals surface area contributed by atoms with Gasteiger partial charge in [-0.2, -0.15) is 5.26 Å². The van der Waals surface area contributed by atoms with Crippen molar-refractivity contribution in [2.75, 3.05) is 30.6 Å². The second-order valence-corrected chi connectivity index (χ2v) is 9.78. The van der Waals surface area contributed by atoms with Crippen LogP contribution in [0.4, 0.5) is 11.4 Å². The van der Waals surface area contributed by atoms with E-state index < -0.39 is 17.9 Å². The summed E-state index contributed by atoms with van der Waals surface area (Å²) in [5.74, 6) is -2.76. The first kappa shape index (κ1) is 25.8. The molecule has 0 saturated heterocycles. The maximum absolute atomic E-state index is 13.3. The summed E-state index contributed by atoms with van der Waals surface area (Å²) in [4.78, 5) is 43.4. The van der Waals surface area contributed by atoms with Gasteiger partial charge in [0, 0.05) is 17.9 Å². The van der Waals surface area contributed by atoms with Crippen molar-refractivity contribution in [1.29, 1.82) is 5.26 Å². The molecular weight excluding hydrogens is 516 g/mol. The Morgan fingerprint density at radius 2 is 1.77 bits per heavy atom. The number of methoxy groups -OCH3 is 2. The Hall–Kier alpha value is -4.88. The first-order valence-electron chi connectivity index (χ1n) is 12.0. The largest absolute Gasteiger partial charge is 0.466 e. The van der Waals surface area contributed by atoms with E-state index in [-0.39, 0.29) is 28.6 Å². The van der Waals surface area contributed by atoms with Gasteiger partial charge in [-0.1, -0.05) is 42.5 Å². The van der Waals surface area contributed by atoms with E-state index in [0.29, 0.717) is 34.8 Å². The lowest BCUT2D eigenvalue weighted by Gasteiger charge is -2.36. The molecule has 1 atom stereocenters. The zero-order valence-corrected chi connectivity index (χ0v) is 22.0. The predicted octanol–water partition coefficient (Wildman–Crippen LogP) is 3.85. The molecule has 0 bridgehead atoms. The minimum absolute atomic E-state index is 0.0338. The van der Waals surface area contributed by atoms with Crippen LogP contribution in [0.25, 0.3) is 0 Å². The third-order valence-electron chi connectivity index (χ3n) is 6.81. The lowest BCUT2D eigenvalue weighted by molar-refractivity contribution is -0.139. The van der Waals surface area contributed by atoms with Gasteiger partial charge in [0.05, 0.1) is 42.2 Å². The smallest absolute Gasteiger partial charge is 0.355 e. The number of thiophene rings is 1. The van der Waals surface area contributed by atoms with Crippen LogP contribution in [0.15, 0.2) is 88.7 Å². The number of nitriles is 1. The third kappa shape index (κ3) is 4.32. The number of nitrogens with two attached hydrogens (primary N) is 1. The number of allylic oxidation sites excluding steroid dienone is 1. The molecule has 1 amide bonds. The highest BCUT2D eigenvalue weighted by molar-refractivity contribution is 7.12. The molecule has 2 N–H and O–H groups in total. The van der Waals surface area contributed by atoms with Crippen molar-refractivity contribution in [1.82, 2.24) is 0 Å². The van der Waals surface area contributed by atoms with Gasteiger partial charge < -0.3 is 20.1 Å². The van der Waals surface area contributed by atoms with Gasteiger partial charge in [-0.05, 0) is 41.1 Å². The molecule has 39 heavy (non-hydrogen) atoms. The fraction of sp³-hybridized carbons (Fsp3) is 0.172. The predicted molar refractivity (Wildman–Crippen MR) is 146 cm³/mol. The van der Waals surface area contributed by atoms with Crippen molar-refractivity contribution in [3.8, 4) is 6.07 Å². The van der Waals surface area contributed by atoms with Gasteiger partial charge in [0.15, 0.2) is 0 Å². The van der Waals surface area contributed by atoms with Crippen LogP contribution in [-0.2, 0) is 25.5 Å². The minimum atomic E-state index is -0.958. The SMILES string of the molecule is COC(=O)C1=C(C(=O)OC)N(c2ccc3c(c2)N(C(=O)c2cccs2)CC3)C(N)=C(C#N)C1c1ccccc1. The van der Waals surface area contributed by atoms with Crippen LogP contribution < -0.4 is 15.5 Å². The molecule has 1 unspecified atom stereocenters. The number of esters is 2. The molecule has 2 aliphatic rings. The first-order chi connectivity index (χ1) is 18.9. The molecule has 3 heterocycles. The van der Waals surface area contributed by atoms with Crippen LogP contribution in [0.3, 0.4) is 0 Å². The zero-order valence-electron chi connectivity index (χ0n) is 21.2. The Morgan fingerprint density at radius 3 is 2.41 bits per heavy atom. The maximum atomic E-state index is 13.3. The first-order valence-corrected chi connectivity index (χ1v) is 12.9. The number of rotatable bonds is 5. The summed E-state index contributed by atoms with van der Waals surface area (Å²) in [5, 5.41) is 12.1. The van der Waals surface area contributed by atoms with E-state index in [9.17, 15) is 19.6 Å². The highest BCUT2D eigenvalue weighted by Crippen LogP contribution is 2.44. The topological polar surface area (TPSA) is 126 Å². The summed E-state index contributed by atoms with van der Waals surface area (Å²) in [6.45, 7) is 0.494. The van der Waals surface area contributed by atoms with Gasteiger partial charge >= 0.3 is 11.9 Å². The van der Waals surface area contributed by atoms with Crippen molar-refractivity contribution in [3.63, 3.8) is 0 Å². The number of benzene rings is 2. The molecule has 0 saturated carbocycles. The van der Waals surface area contributed by atoms with Crippen molar-refractivity contribution in [3.05, 3.63) is 105 Å². The molecule has 0 fully saturated rings. The fourth-order valence-electron chi connectivity index (χ4n) is 5.03. The van der Waals surface area contributed by atoms with E-state index in [1.165, 1.54) is 30.5 Å². The quantitative estimate of drug-likeness (QED) is 0.484. The Kier molecular flexibility index (Phi) is 6.92. The van der Waals surface area contributed by atoms with Gasteiger partial charge in [-0.3, -0.25) is 9.69 Å². The monoisotopic (exact) mass is 540 g/mol. The maximum Gasteiger partial charge on any atom is 0.355 e. The third-order valence-corrected chi connectivity index (χ3v) is 7.67. The Balaban J connectivity index is 1.72. The van der Waals surface area contributed by atoms with Crippen LogP contribution >= 0.6 is 11.3 Å². The summed E-state index contributed by atoms with van der Waals surface area (Å²) >= 11 is 1.35. The Labute approximate surface area is 229 Å². The average Bonchev–Trinajstić information content (AvgIpc) is 3.66. The van der Waals surface area contributed by atoms with Gasteiger partial charge in [0.2, 0.25) is 0 Å². The number of hydrogen-bond donors (Lipinski definition) is 1. The van der Waals surface area contributed by atoms with Crippen molar-refractivity contribution < 1.29 is 23.9 Å². The summed E-state index contributed by atoms with van der Waals surface area (Å²) in [7, 11) is 2.40. The van der Waals surface area contributed by atoms with E-state index in [1.807, 2.05) is 17.5 Å². The van der Waals surface area contributed by atoms with Gasteiger partial charge in [0.1, 0.15) is 11.5 Å². The van der Waals surface area contributed by atoms with E-state index in [0.717, 1.165) is 5.56 Å². The summed E-state index contributed by atoms with van der Waals surface area (Å²) in [6.07, 6.45) is 0.657. The molecule has 0 aliphatic carbocycles. The highest BCUT2D eigenvalue weighted by atomic mass is 32.1. The molecule has 1 aromatic heterocycles. The number of nitrogens with zero attached hydrogens (tertiary/aromatic N) is 3. The van der Waals surface area contributed by atoms with Crippen molar-refractivity contribution in [2.24, 2.45) is 5.73 Å². The molecule has 0 radical (unpaired) electrons.